The van der Waals surface area contributed by atoms with Crippen molar-refractivity contribution in [1.29, 1.82) is 0 Å². The van der Waals surface area contributed by atoms with E-state index in [-0.39, 0.29) is 6.79 Å². The van der Waals surface area contributed by atoms with Gasteiger partial charge in [-0.1, -0.05) is 25.1 Å². The molecule has 1 aliphatic rings. The highest BCUT2D eigenvalue weighted by molar-refractivity contribution is 5.91. The Balaban J connectivity index is 1.36. The molecule has 32 heavy (non-hydrogen) atoms. The maximum atomic E-state index is 13.0. The highest BCUT2D eigenvalue weighted by Crippen LogP contribution is 2.36. The summed E-state index contributed by atoms with van der Waals surface area (Å²) in [5.74, 6) is 1.62. The van der Waals surface area contributed by atoms with Crippen LogP contribution in [0.15, 0.2) is 48.7 Å². The molecule has 1 aromatic heterocycles. The van der Waals surface area contributed by atoms with Crippen LogP contribution in [-0.4, -0.2) is 36.3 Å². The second-order valence-electron chi connectivity index (χ2n) is 7.80. The Bertz CT molecular complexity index is 1070. The van der Waals surface area contributed by atoms with Crippen molar-refractivity contribution < 1.29 is 22.6 Å². The van der Waals surface area contributed by atoms with Crippen molar-refractivity contribution in [3.8, 4) is 11.5 Å². The third-order valence-electron chi connectivity index (χ3n) is 5.45. The molecule has 2 aromatic carbocycles. The number of nitrogens with zero attached hydrogens (tertiary/aromatic N) is 2. The molecule has 0 spiro atoms. The predicted octanol–water partition coefficient (Wildman–Crippen LogP) is 5.70. The molecular weight excluding hydrogens is 419 g/mol. The van der Waals surface area contributed by atoms with E-state index in [4.69, 9.17) is 9.47 Å². The van der Waals surface area contributed by atoms with Gasteiger partial charge in [-0.15, -0.1) is 0 Å². The first-order valence-electron chi connectivity index (χ1n) is 10.8. The zero-order chi connectivity index (χ0) is 22.6. The van der Waals surface area contributed by atoms with Crippen LogP contribution < -0.4 is 14.8 Å². The number of fused-ring (bicyclic) bond motifs is 2. The minimum Gasteiger partial charge on any atom is -0.454 e. The average Bonchev–Trinajstić information content (AvgIpc) is 3.26. The molecule has 5 nitrogen and oxygen atoms in total. The molecule has 1 N–H and O–H groups in total. The van der Waals surface area contributed by atoms with E-state index < -0.39 is 11.7 Å². The minimum atomic E-state index is -4.38. The van der Waals surface area contributed by atoms with E-state index in [0.717, 1.165) is 67.4 Å². The number of aromatic nitrogens is 1. The van der Waals surface area contributed by atoms with Crippen LogP contribution in [0, 0.1) is 0 Å². The van der Waals surface area contributed by atoms with Crippen LogP contribution in [0.25, 0.3) is 10.9 Å². The van der Waals surface area contributed by atoms with Gasteiger partial charge >= 0.3 is 6.18 Å². The van der Waals surface area contributed by atoms with E-state index in [2.05, 4.69) is 28.2 Å². The molecule has 3 aromatic rings. The standard InChI is InChI=1S/C24H26F3N3O2/c1-2-12-30(15-17-5-3-6-22-23(17)32-16-31-22)13-4-10-28-20-9-11-29-21-14-18(24(25,26)27)7-8-19(20)21/h3,5-9,11,14H,2,4,10,12-13,15-16H2,1H3,(H,28,29). The summed E-state index contributed by atoms with van der Waals surface area (Å²) in [4.78, 5) is 6.48. The average molecular weight is 445 g/mol. The van der Waals surface area contributed by atoms with Crippen molar-refractivity contribution in [3.63, 3.8) is 0 Å². The Hall–Kier alpha value is -3.00. The fourth-order valence-corrected chi connectivity index (χ4v) is 3.95. The number of benzene rings is 2. The molecule has 4 rings (SSSR count). The lowest BCUT2D eigenvalue weighted by Crippen LogP contribution is -2.26. The number of rotatable bonds is 9. The summed E-state index contributed by atoms with van der Waals surface area (Å²) >= 11 is 0. The number of hydrogen-bond acceptors (Lipinski definition) is 5. The number of alkyl halides is 3. The van der Waals surface area contributed by atoms with Gasteiger partial charge in [0.1, 0.15) is 0 Å². The number of pyridine rings is 1. The molecule has 0 unspecified atom stereocenters. The van der Waals surface area contributed by atoms with Gasteiger partial charge in [-0.3, -0.25) is 9.88 Å². The fraction of sp³-hybridized carbons (Fsp3) is 0.375. The van der Waals surface area contributed by atoms with Crippen LogP contribution in [0.4, 0.5) is 18.9 Å². The monoisotopic (exact) mass is 445 g/mol. The van der Waals surface area contributed by atoms with Crippen molar-refractivity contribution in [3.05, 3.63) is 59.8 Å². The molecule has 1 aliphatic heterocycles. The summed E-state index contributed by atoms with van der Waals surface area (Å²) in [6.45, 7) is 5.73. The first kappa shape index (κ1) is 22.2. The molecule has 0 saturated carbocycles. The number of hydrogen-bond donors (Lipinski definition) is 1. The number of ether oxygens (including phenoxy) is 2. The van der Waals surface area contributed by atoms with Crippen molar-refractivity contribution in [1.82, 2.24) is 9.88 Å². The maximum absolute atomic E-state index is 13.0. The number of para-hydroxylation sites is 1. The van der Waals surface area contributed by atoms with Crippen LogP contribution in [0.3, 0.4) is 0 Å². The topological polar surface area (TPSA) is 46.6 Å². The third-order valence-corrected chi connectivity index (χ3v) is 5.45. The molecule has 0 saturated heterocycles. The van der Waals surface area contributed by atoms with Gasteiger partial charge in [0.25, 0.3) is 0 Å². The quantitative estimate of drug-likeness (QED) is 0.429. The van der Waals surface area contributed by atoms with Crippen LogP contribution >= 0.6 is 0 Å². The molecule has 0 fully saturated rings. The largest absolute Gasteiger partial charge is 0.454 e. The van der Waals surface area contributed by atoms with Gasteiger partial charge in [-0.2, -0.15) is 13.2 Å². The van der Waals surface area contributed by atoms with Gasteiger partial charge in [-0.05, 0) is 43.7 Å². The third kappa shape index (κ3) is 5.07. The molecule has 0 atom stereocenters. The number of anilines is 1. The lowest BCUT2D eigenvalue weighted by molar-refractivity contribution is -0.137. The van der Waals surface area contributed by atoms with Crippen LogP contribution in [0.5, 0.6) is 11.5 Å². The second kappa shape index (κ2) is 9.65. The minimum absolute atomic E-state index is 0.258. The molecule has 0 bridgehead atoms. The first-order chi connectivity index (χ1) is 15.5. The Morgan fingerprint density at radius 3 is 2.78 bits per heavy atom. The summed E-state index contributed by atoms with van der Waals surface area (Å²) in [5, 5.41) is 4.04. The summed E-state index contributed by atoms with van der Waals surface area (Å²) < 4.78 is 50.0. The SMILES string of the molecule is CCCN(CCCNc1ccnc2cc(C(F)(F)F)ccc12)Cc1cccc2c1OCO2. The zero-order valence-corrected chi connectivity index (χ0v) is 17.9. The Labute approximate surface area is 185 Å². The molecule has 8 heteroatoms. The maximum Gasteiger partial charge on any atom is 0.416 e. The van der Waals surface area contributed by atoms with E-state index in [0.29, 0.717) is 17.4 Å². The molecule has 0 amide bonds. The van der Waals surface area contributed by atoms with Crippen molar-refractivity contribution >= 4 is 16.6 Å². The fourth-order valence-electron chi connectivity index (χ4n) is 3.95. The van der Waals surface area contributed by atoms with E-state index in [1.54, 1.807) is 6.07 Å². The van der Waals surface area contributed by atoms with Gasteiger partial charge in [0, 0.05) is 42.5 Å². The van der Waals surface area contributed by atoms with Gasteiger partial charge < -0.3 is 14.8 Å². The zero-order valence-electron chi connectivity index (χ0n) is 17.9. The summed E-state index contributed by atoms with van der Waals surface area (Å²) in [6, 6.07) is 11.4. The summed E-state index contributed by atoms with van der Waals surface area (Å²) in [5.41, 5.74) is 1.54. The van der Waals surface area contributed by atoms with E-state index in [1.807, 2.05) is 12.1 Å². The molecular formula is C24H26F3N3O2. The van der Waals surface area contributed by atoms with Crippen LogP contribution in [-0.2, 0) is 12.7 Å². The molecule has 0 radical (unpaired) electrons. The summed E-state index contributed by atoms with van der Waals surface area (Å²) in [7, 11) is 0. The highest BCUT2D eigenvalue weighted by Gasteiger charge is 2.30. The van der Waals surface area contributed by atoms with E-state index in [1.165, 1.54) is 12.3 Å². The number of nitrogens with one attached hydrogen (secondary N) is 1. The van der Waals surface area contributed by atoms with Gasteiger partial charge in [0.2, 0.25) is 6.79 Å². The number of halogens is 3. The van der Waals surface area contributed by atoms with Gasteiger partial charge in [0.15, 0.2) is 11.5 Å². The molecule has 170 valence electrons. The molecule has 0 aliphatic carbocycles. The lowest BCUT2D eigenvalue weighted by Gasteiger charge is -2.22. The van der Waals surface area contributed by atoms with Crippen LogP contribution in [0.2, 0.25) is 0 Å². The van der Waals surface area contributed by atoms with Gasteiger partial charge in [-0.25, -0.2) is 0 Å². The Morgan fingerprint density at radius 1 is 1.09 bits per heavy atom. The predicted molar refractivity (Wildman–Crippen MR) is 118 cm³/mol. The van der Waals surface area contributed by atoms with Crippen LogP contribution in [0.1, 0.15) is 30.9 Å². The Morgan fingerprint density at radius 2 is 1.97 bits per heavy atom. The van der Waals surface area contributed by atoms with Crippen molar-refractivity contribution in [2.24, 2.45) is 0 Å². The molecule has 2 heterocycles. The second-order valence-corrected chi connectivity index (χ2v) is 7.80. The van der Waals surface area contributed by atoms with Crippen molar-refractivity contribution in [2.75, 3.05) is 31.7 Å². The van der Waals surface area contributed by atoms with E-state index in [9.17, 15) is 13.2 Å². The smallest absolute Gasteiger partial charge is 0.416 e. The normalized spacial score (nSPS) is 13.2. The highest BCUT2D eigenvalue weighted by atomic mass is 19.4. The first-order valence-corrected chi connectivity index (χ1v) is 10.8. The Kier molecular flexibility index (Phi) is 6.69. The van der Waals surface area contributed by atoms with Gasteiger partial charge in [0.05, 0.1) is 11.1 Å². The van der Waals surface area contributed by atoms with E-state index >= 15 is 0 Å². The van der Waals surface area contributed by atoms with Crippen molar-refractivity contribution in [2.45, 2.75) is 32.5 Å². The lowest BCUT2D eigenvalue weighted by atomic mass is 10.1. The summed E-state index contributed by atoms with van der Waals surface area (Å²) in [6.07, 6.45) is -0.919.